The summed E-state index contributed by atoms with van der Waals surface area (Å²) in [5, 5.41) is 2.05. The third-order valence-corrected chi connectivity index (χ3v) is 3.81. The quantitative estimate of drug-likeness (QED) is 0.593. The fraction of sp³-hybridized carbons (Fsp3) is 0. The van der Waals surface area contributed by atoms with Gasteiger partial charge in [-0.05, 0) is 34.3 Å². The van der Waals surface area contributed by atoms with E-state index in [0.717, 1.165) is 33.1 Å². The predicted octanol–water partition coefficient (Wildman–Crippen LogP) is 2.30. The molecule has 0 radical (unpaired) electrons. The monoisotopic (exact) mass is 289 g/mol. The van der Waals surface area contributed by atoms with E-state index in [4.69, 9.17) is 5.73 Å². The van der Waals surface area contributed by atoms with Gasteiger partial charge in [0.1, 0.15) is 6.20 Å². The maximum atomic E-state index is 11.6. The molecule has 1 amide bonds. The number of nitrogens with two attached hydrogens (primary N) is 1. The van der Waals surface area contributed by atoms with Crippen molar-refractivity contribution in [1.29, 1.82) is 0 Å². The average molecular weight is 289 g/mol. The van der Waals surface area contributed by atoms with Crippen molar-refractivity contribution in [3.63, 3.8) is 0 Å². The topological polar surface area (TPSA) is 85.9 Å². The largest absolute Gasteiger partial charge is 0.366 e. The minimum Gasteiger partial charge on any atom is -0.366 e. The third kappa shape index (κ3) is 1.83. The Morgan fingerprint density at radius 3 is 2.95 bits per heavy atom. The highest BCUT2D eigenvalue weighted by molar-refractivity contribution is 6.03. The van der Waals surface area contributed by atoms with E-state index in [0.29, 0.717) is 5.56 Å². The van der Waals surface area contributed by atoms with Crippen LogP contribution in [0.5, 0.6) is 0 Å². The molecule has 3 aromatic heterocycles. The molecular formula is C17H13N4O+. The molecule has 0 aliphatic heterocycles. The van der Waals surface area contributed by atoms with E-state index in [1.54, 1.807) is 18.3 Å². The van der Waals surface area contributed by atoms with Crippen molar-refractivity contribution in [1.82, 2.24) is 9.97 Å². The van der Waals surface area contributed by atoms with E-state index >= 15 is 0 Å². The first kappa shape index (κ1) is 12.5. The second-order valence-corrected chi connectivity index (χ2v) is 5.12. The van der Waals surface area contributed by atoms with Gasteiger partial charge in [-0.25, -0.2) is 4.98 Å². The van der Waals surface area contributed by atoms with Crippen LogP contribution in [0.4, 0.5) is 0 Å². The van der Waals surface area contributed by atoms with E-state index < -0.39 is 5.91 Å². The average Bonchev–Trinajstić information content (AvgIpc) is 3.03. The number of aromatic nitrogens is 3. The Hall–Kier alpha value is -3.21. The molecule has 5 nitrogen and oxygen atoms in total. The van der Waals surface area contributed by atoms with E-state index in [2.05, 4.69) is 15.0 Å². The first-order valence-electron chi connectivity index (χ1n) is 6.91. The standard InChI is InChI=1S/C17H12N4O/c18-16(22)13-4-2-1-3-12(13)10-7-11-9-21-17-14(5-6-19-17)15(11)20-8-10/h1-9,20H,(H2,18,22)/p+1. The number of amides is 1. The molecule has 0 bridgehead atoms. The lowest BCUT2D eigenvalue weighted by molar-refractivity contribution is -0.345. The van der Waals surface area contributed by atoms with Crippen molar-refractivity contribution in [2.45, 2.75) is 0 Å². The summed E-state index contributed by atoms with van der Waals surface area (Å²) in [4.78, 5) is 22.3. The molecule has 0 aliphatic carbocycles. The number of primary amides is 1. The van der Waals surface area contributed by atoms with Crippen LogP contribution in [0.2, 0.25) is 0 Å². The van der Waals surface area contributed by atoms with Crippen LogP contribution in [-0.4, -0.2) is 15.9 Å². The summed E-state index contributed by atoms with van der Waals surface area (Å²) in [7, 11) is 0. The first-order valence-corrected chi connectivity index (χ1v) is 6.91. The highest BCUT2D eigenvalue weighted by Gasteiger charge is 2.13. The number of hydrogen-bond donors (Lipinski definition) is 2. The Balaban J connectivity index is 1.97. The molecule has 4 aromatic rings. The number of pyridine rings is 2. The van der Waals surface area contributed by atoms with E-state index in [9.17, 15) is 4.79 Å². The predicted molar refractivity (Wildman–Crippen MR) is 84.1 cm³/mol. The molecule has 0 spiro atoms. The molecule has 0 saturated heterocycles. The Morgan fingerprint density at radius 1 is 1.23 bits per heavy atom. The highest BCUT2D eigenvalue weighted by atomic mass is 16.1. The summed E-state index contributed by atoms with van der Waals surface area (Å²) in [5.41, 5.74) is 9.54. The molecule has 106 valence electrons. The lowest BCUT2D eigenvalue weighted by atomic mass is 9.99. The van der Waals surface area contributed by atoms with Gasteiger partial charge in [0.2, 0.25) is 5.91 Å². The van der Waals surface area contributed by atoms with Gasteiger partial charge >= 0.3 is 5.65 Å². The van der Waals surface area contributed by atoms with Gasteiger partial charge in [0.25, 0.3) is 0 Å². The Kier molecular flexibility index (Phi) is 2.66. The molecule has 0 atom stereocenters. The van der Waals surface area contributed by atoms with Crippen molar-refractivity contribution in [3.05, 3.63) is 60.6 Å². The SMILES string of the molecule is NC(=O)c1ccccc1-c1c[nH]c2c(c[nH+]c3nccc32)c1. The van der Waals surface area contributed by atoms with Crippen LogP contribution >= 0.6 is 0 Å². The maximum Gasteiger partial charge on any atom is 0.330 e. The molecule has 3 heterocycles. The molecule has 0 saturated carbocycles. The lowest BCUT2D eigenvalue weighted by Crippen LogP contribution is -2.12. The number of fused-ring (bicyclic) bond motifs is 3. The molecule has 0 aliphatic rings. The van der Waals surface area contributed by atoms with Crippen molar-refractivity contribution in [2.75, 3.05) is 0 Å². The van der Waals surface area contributed by atoms with E-state index in [-0.39, 0.29) is 0 Å². The molecule has 0 unspecified atom stereocenters. The van der Waals surface area contributed by atoms with Gasteiger partial charge in [0.15, 0.2) is 0 Å². The zero-order valence-corrected chi connectivity index (χ0v) is 11.6. The first-order chi connectivity index (χ1) is 10.7. The van der Waals surface area contributed by atoms with Gasteiger partial charge in [-0.15, -0.1) is 0 Å². The Bertz CT molecular complexity index is 1020. The number of aromatic amines is 2. The fourth-order valence-electron chi connectivity index (χ4n) is 2.76. The number of benzene rings is 1. The minimum atomic E-state index is -0.432. The van der Waals surface area contributed by atoms with Crippen LogP contribution in [0.15, 0.2) is 55.0 Å². The van der Waals surface area contributed by atoms with E-state index in [1.165, 1.54) is 0 Å². The molecular weight excluding hydrogens is 276 g/mol. The van der Waals surface area contributed by atoms with Crippen LogP contribution in [0.25, 0.3) is 33.1 Å². The van der Waals surface area contributed by atoms with Gasteiger partial charge in [-0.3, -0.25) is 4.79 Å². The van der Waals surface area contributed by atoms with Crippen molar-refractivity contribution < 1.29 is 9.78 Å². The maximum absolute atomic E-state index is 11.6. The molecule has 0 fully saturated rings. The number of rotatable bonds is 2. The molecule has 5 heteroatoms. The van der Waals surface area contributed by atoms with Crippen LogP contribution in [-0.2, 0) is 0 Å². The van der Waals surface area contributed by atoms with Gasteiger partial charge in [0, 0.05) is 17.1 Å². The fourth-order valence-corrected chi connectivity index (χ4v) is 2.76. The van der Waals surface area contributed by atoms with Crippen molar-refractivity contribution in [3.8, 4) is 11.1 Å². The lowest BCUT2D eigenvalue weighted by Gasteiger charge is -2.08. The van der Waals surface area contributed by atoms with Crippen LogP contribution in [0, 0.1) is 0 Å². The summed E-state index contributed by atoms with van der Waals surface area (Å²) >= 11 is 0. The Morgan fingerprint density at radius 2 is 2.09 bits per heavy atom. The van der Waals surface area contributed by atoms with E-state index in [1.807, 2.05) is 36.7 Å². The van der Waals surface area contributed by atoms with Crippen molar-refractivity contribution in [2.24, 2.45) is 5.73 Å². The number of H-pyrrole nitrogens is 2. The molecule has 4 N–H and O–H groups in total. The van der Waals surface area contributed by atoms with Gasteiger partial charge < -0.3 is 10.7 Å². The normalized spacial score (nSPS) is 11.1. The number of carbonyl (C=O) groups is 1. The number of carbonyl (C=O) groups excluding carboxylic acids is 1. The summed E-state index contributed by atoms with van der Waals surface area (Å²) in [6, 6.07) is 11.3. The van der Waals surface area contributed by atoms with Gasteiger partial charge in [-0.2, -0.15) is 0 Å². The van der Waals surface area contributed by atoms with Crippen molar-refractivity contribution >= 4 is 27.8 Å². The third-order valence-electron chi connectivity index (χ3n) is 3.81. The molecule has 4 rings (SSSR count). The van der Waals surface area contributed by atoms with Crippen LogP contribution < -0.4 is 10.7 Å². The minimum absolute atomic E-state index is 0.432. The molecule has 1 aromatic carbocycles. The number of hydrogen-bond acceptors (Lipinski definition) is 2. The van der Waals surface area contributed by atoms with Gasteiger partial charge in [-0.1, -0.05) is 18.2 Å². The second kappa shape index (κ2) is 4.66. The van der Waals surface area contributed by atoms with Crippen LogP contribution in [0.3, 0.4) is 0 Å². The Labute approximate surface area is 125 Å². The highest BCUT2D eigenvalue weighted by Crippen LogP contribution is 2.27. The second-order valence-electron chi connectivity index (χ2n) is 5.12. The zero-order valence-electron chi connectivity index (χ0n) is 11.6. The summed E-state index contributed by atoms with van der Waals surface area (Å²) in [6.07, 6.45) is 5.55. The van der Waals surface area contributed by atoms with Gasteiger partial charge in [0.05, 0.1) is 17.1 Å². The number of nitrogens with one attached hydrogen (secondary N) is 2. The summed E-state index contributed by atoms with van der Waals surface area (Å²) in [5.74, 6) is -0.432. The smallest absolute Gasteiger partial charge is 0.330 e. The number of nitrogens with zero attached hydrogens (tertiary/aromatic N) is 1. The summed E-state index contributed by atoms with van der Waals surface area (Å²) in [6.45, 7) is 0. The molecule has 22 heavy (non-hydrogen) atoms. The van der Waals surface area contributed by atoms with Crippen LogP contribution in [0.1, 0.15) is 10.4 Å². The zero-order chi connectivity index (χ0) is 15.1. The summed E-state index contributed by atoms with van der Waals surface area (Å²) < 4.78 is 0.